The number of amides is 1. The summed E-state index contributed by atoms with van der Waals surface area (Å²) in [6.07, 6.45) is -0.804. The van der Waals surface area contributed by atoms with Crippen LogP contribution in [0.4, 0.5) is 0 Å². The highest BCUT2D eigenvalue weighted by Gasteiger charge is 2.22. The van der Waals surface area contributed by atoms with Crippen LogP contribution in [0.2, 0.25) is 5.02 Å². The van der Waals surface area contributed by atoms with Crippen LogP contribution in [0.25, 0.3) is 0 Å². The Kier molecular flexibility index (Phi) is 6.31. The minimum Gasteiger partial charge on any atom is -0.481 e. The normalized spacial score (nSPS) is 11.8. The molecular weight excluding hydrogens is 282 g/mol. The van der Waals surface area contributed by atoms with Gasteiger partial charge >= 0.3 is 5.97 Å². The molecule has 1 atom stereocenters. The largest absolute Gasteiger partial charge is 0.481 e. The van der Waals surface area contributed by atoms with Crippen molar-refractivity contribution in [2.45, 2.75) is 26.4 Å². The molecule has 1 unspecified atom stereocenters. The fraction of sp³-hybridized carbons (Fsp3) is 0.429. The van der Waals surface area contributed by atoms with Crippen molar-refractivity contribution in [3.63, 3.8) is 0 Å². The van der Waals surface area contributed by atoms with Gasteiger partial charge in [-0.3, -0.25) is 9.59 Å². The van der Waals surface area contributed by atoms with Gasteiger partial charge in [-0.1, -0.05) is 23.7 Å². The van der Waals surface area contributed by atoms with Gasteiger partial charge in [0.25, 0.3) is 5.91 Å². The number of hydrogen-bond acceptors (Lipinski definition) is 3. The van der Waals surface area contributed by atoms with Gasteiger partial charge in [0.05, 0.1) is 11.4 Å². The predicted octanol–water partition coefficient (Wildman–Crippen LogP) is 2.43. The molecule has 0 saturated carbocycles. The quantitative estimate of drug-likeness (QED) is 0.839. The topological polar surface area (TPSA) is 66.8 Å². The number of benzene rings is 1. The molecule has 1 aromatic carbocycles. The molecule has 0 spiro atoms. The van der Waals surface area contributed by atoms with Crippen LogP contribution in [0.3, 0.4) is 0 Å². The lowest BCUT2D eigenvalue weighted by molar-refractivity contribution is -0.140. The standard InChI is InChI=1S/C14H18ClNO4/c1-3-16(9-8-13(17)18)14(19)10(2)20-12-7-5-4-6-11(12)15/h4-7,10H,3,8-9H2,1-2H3,(H,17,18). The van der Waals surface area contributed by atoms with E-state index in [0.717, 1.165) is 0 Å². The third-order valence-corrected chi connectivity index (χ3v) is 3.09. The Balaban J connectivity index is 2.65. The number of carbonyl (C=O) groups excluding carboxylic acids is 1. The van der Waals surface area contributed by atoms with Crippen LogP contribution in [0.1, 0.15) is 20.3 Å². The molecule has 0 aliphatic rings. The van der Waals surface area contributed by atoms with Gasteiger partial charge in [-0.2, -0.15) is 0 Å². The van der Waals surface area contributed by atoms with Crippen LogP contribution < -0.4 is 4.74 Å². The summed E-state index contributed by atoms with van der Waals surface area (Å²) >= 11 is 5.96. The Morgan fingerprint density at radius 2 is 2.05 bits per heavy atom. The number of likely N-dealkylation sites (N-methyl/N-ethyl adjacent to an activating group) is 1. The Morgan fingerprint density at radius 3 is 2.60 bits per heavy atom. The van der Waals surface area contributed by atoms with Gasteiger partial charge in [-0.05, 0) is 26.0 Å². The summed E-state index contributed by atoms with van der Waals surface area (Å²) in [7, 11) is 0. The molecule has 0 aromatic heterocycles. The first-order valence-corrected chi connectivity index (χ1v) is 6.75. The minimum absolute atomic E-state index is 0.0849. The van der Waals surface area contributed by atoms with E-state index in [-0.39, 0.29) is 18.9 Å². The molecule has 1 rings (SSSR count). The molecule has 0 heterocycles. The first kappa shape index (κ1) is 16.3. The van der Waals surface area contributed by atoms with Crippen LogP contribution in [0, 0.1) is 0 Å². The molecule has 0 radical (unpaired) electrons. The summed E-state index contributed by atoms with van der Waals surface area (Å²) in [5.74, 6) is -0.756. The van der Waals surface area contributed by atoms with Gasteiger partial charge in [0, 0.05) is 13.1 Å². The Bertz CT molecular complexity index is 478. The van der Waals surface area contributed by atoms with Crippen molar-refractivity contribution in [2.75, 3.05) is 13.1 Å². The van der Waals surface area contributed by atoms with E-state index in [2.05, 4.69) is 0 Å². The van der Waals surface area contributed by atoms with E-state index in [0.29, 0.717) is 17.3 Å². The van der Waals surface area contributed by atoms with Crippen molar-refractivity contribution in [1.82, 2.24) is 4.90 Å². The van der Waals surface area contributed by atoms with Crippen LogP contribution in [-0.4, -0.2) is 41.1 Å². The lowest BCUT2D eigenvalue weighted by Crippen LogP contribution is -2.41. The summed E-state index contributed by atoms with van der Waals surface area (Å²) in [6.45, 7) is 4.01. The highest BCUT2D eigenvalue weighted by atomic mass is 35.5. The Morgan fingerprint density at radius 1 is 1.40 bits per heavy atom. The van der Waals surface area contributed by atoms with E-state index >= 15 is 0 Å². The maximum Gasteiger partial charge on any atom is 0.305 e. The minimum atomic E-state index is -0.934. The maximum absolute atomic E-state index is 12.2. The molecule has 1 amide bonds. The maximum atomic E-state index is 12.2. The summed E-state index contributed by atoms with van der Waals surface area (Å²) in [5, 5.41) is 9.09. The van der Waals surface area contributed by atoms with Crippen molar-refractivity contribution in [3.8, 4) is 5.75 Å². The fourth-order valence-corrected chi connectivity index (χ4v) is 1.87. The van der Waals surface area contributed by atoms with E-state index in [9.17, 15) is 9.59 Å². The number of aliphatic carboxylic acids is 1. The molecule has 110 valence electrons. The average molecular weight is 300 g/mol. The fourth-order valence-electron chi connectivity index (χ4n) is 1.69. The van der Waals surface area contributed by atoms with Crippen molar-refractivity contribution in [1.29, 1.82) is 0 Å². The van der Waals surface area contributed by atoms with Crippen molar-refractivity contribution >= 4 is 23.5 Å². The van der Waals surface area contributed by atoms with Crippen LogP contribution in [0.15, 0.2) is 24.3 Å². The van der Waals surface area contributed by atoms with Crippen molar-refractivity contribution in [2.24, 2.45) is 0 Å². The number of ether oxygens (including phenoxy) is 1. The summed E-state index contributed by atoms with van der Waals surface area (Å²) < 4.78 is 5.53. The van der Waals surface area contributed by atoms with Crippen molar-refractivity contribution in [3.05, 3.63) is 29.3 Å². The Labute approximate surface area is 123 Å². The number of nitrogens with zero attached hydrogens (tertiary/aromatic N) is 1. The van der Waals surface area contributed by atoms with Crippen molar-refractivity contribution < 1.29 is 19.4 Å². The third-order valence-electron chi connectivity index (χ3n) is 2.78. The molecule has 1 N–H and O–H groups in total. The first-order chi connectivity index (χ1) is 9.45. The third kappa shape index (κ3) is 4.74. The molecule has 0 bridgehead atoms. The molecule has 1 aromatic rings. The lowest BCUT2D eigenvalue weighted by Gasteiger charge is -2.24. The van der Waals surface area contributed by atoms with Gasteiger partial charge in [0.1, 0.15) is 5.75 Å². The highest BCUT2D eigenvalue weighted by molar-refractivity contribution is 6.32. The monoisotopic (exact) mass is 299 g/mol. The zero-order valence-electron chi connectivity index (χ0n) is 11.5. The summed E-state index contributed by atoms with van der Waals surface area (Å²) in [4.78, 5) is 24.2. The second-order valence-corrected chi connectivity index (χ2v) is 4.66. The zero-order valence-corrected chi connectivity index (χ0v) is 12.3. The molecule has 0 aliphatic carbocycles. The molecular formula is C14H18ClNO4. The molecule has 0 saturated heterocycles. The van der Waals surface area contributed by atoms with Gasteiger partial charge in [-0.15, -0.1) is 0 Å². The molecule has 0 aliphatic heterocycles. The second kappa shape index (κ2) is 7.75. The second-order valence-electron chi connectivity index (χ2n) is 4.25. The SMILES string of the molecule is CCN(CCC(=O)O)C(=O)C(C)Oc1ccccc1Cl. The number of rotatable bonds is 7. The van der Waals surface area contributed by atoms with E-state index in [1.807, 2.05) is 0 Å². The van der Waals surface area contributed by atoms with E-state index in [1.54, 1.807) is 38.1 Å². The highest BCUT2D eigenvalue weighted by Crippen LogP contribution is 2.24. The number of hydrogen-bond donors (Lipinski definition) is 1. The van der Waals surface area contributed by atoms with Gasteiger partial charge in [-0.25, -0.2) is 0 Å². The number of para-hydroxylation sites is 1. The number of halogens is 1. The summed E-state index contributed by atoms with van der Waals surface area (Å²) in [6, 6.07) is 6.89. The molecule has 5 nitrogen and oxygen atoms in total. The number of carboxylic acid groups (broad SMARTS) is 1. The van der Waals surface area contributed by atoms with E-state index < -0.39 is 12.1 Å². The lowest BCUT2D eigenvalue weighted by atomic mass is 10.3. The van der Waals surface area contributed by atoms with Crippen LogP contribution in [0.5, 0.6) is 5.75 Å². The number of carbonyl (C=O) groups is 2. The van der Waals surface area contributed by atoms with Crippen LogP contribution in [-0.2, 0) is 9.59 Å². The summed E-state index contributed by atoms with van der Waals surface area (Å²) in [5.41, 5.74) is 0. The molecule has 6 heteroatoms. The van der Waals surface area contributed by atoms with Gasteiger partial charge in [0.15, 0.2) is 6.10 Å². The number of carboxylic acids is 1. The smallest absolute Gasteiger partial charge is 0.305 e. The Hall–Kier alpha value is -1.75. The molecule has 0 fully saturated rings. The predicted molar refractivity (Wildman–Crippen MR) is 76.0 cm³/mol. The van der Waals surface area contributed by atoms with Gasteiger partial charge < -0.3 is 14.7 Å². The first-order valence-electron chi connectivity index (χ1n) is 6.37. The van der Waals surface area contributed by atoms with Gasteiger partial charge in [0.2, 0.25) is 0 Å². The average Bonchev–Trinajstić information content (AvgIpc) is 2.41. The van der Waals surface area contributed by atoms with E-state index in [4.69, 9.17) is 21.4 Å². The zero-order chi connectivity index (χ0) is 15.1. The van der Waals surface area contributed by atoms with Crippen LogP contribution >= 0.6 is 11.6 Å². The molecule has 20 heavy (non-hydrogen) atoms. The van der Waals surface area contributed by atoms with E-state index in [1.165, 1.54) is 4.90 Å².